The minimum Gasteiger partial charge on any atom is -0.393 e. The minimum atomic E-state index is -0.479. The second-order valence-corrected chi connectivity index (χ2v) is 3.60. The Morgan fingerprint density at radius 3 is 2.64 bits per heavy atom. The number of amides is 1. The van der Waals surface area contributed by atoms with E-state index in [0.717, 1.165) is 0 Å². The van der Waals surface area contributed by atoms with E-state index in [-0.39, 0.29) is 18.1 Å². The number of halogens is 1. The second-order valence-electron chi connectivity index (χ2n) is 2.95. The first-order valence-electron chi connectivity index (χ1n) is 3.72. The van der Waals surface area contributed by atoms with E-state index in [4.69, 9.17) is 16.7 Å². The maximum Gasteiger partial charge on any atom is 0.237 e. The van der Waals surface area contributed by atoms with E-state index in [1.54, 1.807) is 6.92 Å². The molecule has 4 heteroatoms. The van der Waals surface area contributed by atoms with Crippen LogP contribution >= 0.6 is 11.6 Å². The fourth-order valence-corrected chi connectivity index (χ4v) is 1.08. The molecule has 1 aliphatic carbocycles. The smallest absolute Gasteiger partial charge is 0.237 e. The summed E-state index contributed by atoms with van der Waals surface area (Å²) in [7, 11) is 0. The lowest BCUT2D eigenvalue weighted by molar-refractivity contribution is -0.122. The van der Waals surface area contributed by atoms with Crippen molar-refractivity contribution in [1.82, 2.24) is 5.32 Å². The van der Waals surface area contributed by atoms with Crippen LogP contribution in [-0.4, -0.2) is 28.5 Å². The third-order valence-electron chi connectivity index (χ3n) is 1.82. The molecule has 1 amide bonds. The fourth-order valence-electron chi connectivity index (χ4n) is 1.02. The molecule has 0 saturated heterocycles. The number of aliphatic hydroxyl groups is 1. The quantitative estimate of drug-likeness (QED) is 0.595. The number of nitrogens with one attached hydrogen (secondary N) is 1. The summed E-state index contributed by atoms with van der Waals surface area (Å²) in [5, 5.41) is 11.1. The first-order valence-corrected chi connectivity index (χ1v) is 4.15. The molecule has 1 fully saturated rings. The van der Waals surface area contributed by atoms with E-state index in [9.17, 15) is 4.79 Å². The van der Waals surface area contributed by atoms with Gasteiger partial charge >= 0.3 is 0 Å². The summed E-state index contributed by atoms with van der Waals surface area (Å²) in [6.45, 7) is 1.63. The highest BCUT2D eigenvalue weighted by atomic mass is 35.5. The Bertz CT molecular complexity index is 155. The highest BCUT2D eigenvalue weighted by molar-refractivity contribution is 6.30. The SMILES string of the molecule is CC(Cl)C(=O)NC1CC(O)C1. The molecular formula is C7H12ClNO2. The molecule has 0 aromatic heterocycles. The zero-order valence-corrected chi connectivity index (χ0v) is 7.14. The molecule has 1 rings (SSSR count). The van der Waals surface area contributed by atoms with Crippen LogP contribution in [0.25, 0.3) is 0 Å². The van der Waals surface area contributed by atoms with Crippen molar-refractivity contribution in [1.29, 1.82) is 0 Å². The average molecular weight is 178 g/mol. The standard InChI is InChI=1S/C7H12ClNO2/c1-4(8)7(11)9-5-2-6(10)3-5/h4-6,10H,2-3H2,1H3,(H,9,11). The van der Waals surface area contributed by atoms with Gasteiger partial charge in [-0.3, -0.25) is 4.79 Å². The molecule has 0 aromatic rings. The lowest BCUT2D eigenvalue weighted by atomic mass is 9.89. The van der Waals surface area contributed by atoms with E-state index in [2.05, 4.69) is 5.32 Å². The molecule has 0 spiro atoms. The number of rotatable bonds is 2. The molecule has 0 aliphatic heterocycles. The topological polar surface area (TPSA) is 49.3 Å². The molecule has 1 atom stereocenters. The van der Waals surface area contributed by atoms with E-state index in [1.807, 2.05) is 0 Å². The molecule has 1 saturated carbocycles. The van der Waals surface area contributed by atoms with E-state index >= 15 is 0 Å². The Balaban J connectivity index is 2.17. The van der Waals surface area contributed by atoms with Gasteiger partial charge in [0.1, 0.15) is 5.38 Å². The van der Waals surface area contributed by atoms with Gasteiger partial charge in [-0.25, -0.2) is 0 Å². The number of hydrogen-bond acceptors (Lipinski definition) is 2. The van der Waals surface area contributed by atoms with Crippen molar-refractivity contribution in [2.45, 2.75) is 37.3 Å². The molecule has 2 N–H and O–H groups in total. The van der Waals surface area contributed by atoms with Gasteiger partial charge in [0, 0.05) is 6.04 Å². The van der Waals surface area contributed by atoms with Gasteiger partial charge in [0.25, 0.3) is 0 Å². The summed E-state index contributed by atoms with van der Waals surface area (Å²) in [6, 6.07) is 0.138. The normalized spacial score (nSPS) is 32.3. The molecule has 0 bridgehead atoms. The van der Waals surface area contributed by atoms with Gasteiger partial charge in [-0.1, -0.05) is 0 Å². The van der Waals surface area contributed by atoms with Crippen molar-refractivity contribution in [2.24, 2.45) is 0 Å². The summed E-state index contributed by atoms with van der Waals surface area (Å²) in [4.78, 5) is 10.9. The summed E-state index contributed by atoms with van der Waals surface area (Å²) >= 11 is 5.52. The van der Waals surface area contributed by atoms with Crippen molar-refractivity contribution in [3.05, 3.63) is 0 Å². The highest BCUT2D eigenvalue weighted by Crippen LogP contribution is 2.19. The Morgan fingerprint density at radius 2 is 2.27 bits per heavy atom. The monoisotopic (exact) mass is 177 g/mol. The van der Waals surface area contributed by atoms with Crippen molar-refractivity contribution >= 4 is 17.5 Å². The zero-order valence-electron chi connectivity index (χ0n) is 6.38. The van der Waals surface area contributed by atoms with Crippen LogP contribution in [0.2, 0.25) is 0 Å². The molecule has 0 aromatic carbocycles. The molecule has 3 nitrogen and oxygen atoms in total. The molecule has 1 unspecified atom stereocenters. The number of aliphatic hydroxyl groups excluding tert-OH is 1. The average Bonchev–Trinajstić information content (AvgIpc) is 1.84. The maximum atomic E-state index is 10.9. The van der Waals surface area contributed by atoms with Gasteiger partial charge in [0.05, 0.1) is 6.10 Å². The predicted octanol–water partition coefficient (Wildman–Crippen LogP) is 0.253. The largest absolute Gasteiger partial charge is 0.393 e. The lowest BCUT2D eigenvalue weighted by Crippen LogP contribution is -2.48. The van der Waals surface area contributed by atoms with Crippen LogP contribution in [0.5, 0.6) is 0 Å². The number of carbonyl (C=O) groups excluding carboxylic acids is 1. The van der Waals surface area contributed by atoms with Crippen LogP contribution in [0.15, 0.2) is 0 Å². The fraction of sp³-hybridized carbons (Fsp3) is 0.857. The van der Waals surface area contributed by atoms with E-state index in [0.29, 0.717) is 12.8 Å². The van der Waals surface area contributed by atoms with Crippen LogP contribution in [0, 0.1) is 0 Å². The first-order chi connectivity index (χ1) is 5.09. The van der Waals surface area contributed by atoms with Crippen LogP contribution in [0.3, 0.4) is 0 Å². The van der Waals surface area contributed by atoms with Crippen LogP contribution in [0.4, 0.5) is 0 Å². The van der Waals surface area contributed by atoms with E-state index in [1.165, 1.54) is 0 Å². The molecule has 0 radical (unpaired) electrons. The summed E-state index contributed by atoms with van der Waals surface area (Å²) < 4.78 is 0. The number of carbonyl (C=O) groups is 1. The van der Waals surface area contributed by atoms with Crippen LogP contribution in [0.1, 0.15) is 19.8 Å². The van der Waals surface area contributed by atoms with Crippen LogP contribution < -0.4 is 5.32 Å². The van der Waals surface area contributed by atoms with Crippen molar-refractivity contribution < 1.29 is 9.90 Å². The Kier molecular flexibility index (Phi) is 2.73. The third-order valence-corrected chi connectivity index (χ3v) is 2.02. The summed E-state index contributed by atoms with van der Waals surface area (Å²) in [6.07, 6.45) is 1.09. The second kappa shape index (κ2) is 3.41. The molecule has 0 heterocycles. The van der Waals surface area contributed by atoms with Crippen molar-refractivity contribution in [2.75, 3.05) is 0 Å². The van der Waals surface area contributed by atoms with Crippen molar-refractivity contribution in [3.8, 4) is 0 Å². The minimum absolute atomic E-state index is 0.138. The van der Waals surface area contributed by atoms with Crippen LogP contribution in [-0.2, 0) is 4.79 Å². The Hall–Kier alpha value is -0.280. The number of hydrogen-bond donors (Lipinski definition) is 2. The first kappa shape index (κ1) is 8.81. The van der Waals surface area contributed by atoms with Gasteiger partial charge in [-0.05, 0) is 19.8 Å². The molecule has 11 heavy (non-hydrogen) atoms. The molecule has 64 valence electrons. The number of alkyl halides is 1. The summed E-state index contributed by atoms with van der Waals surface area (Å²) in [5.74, 6) is -0.149. The van der Waals surface area contributed by atoms with Gasteiger partial charge < -0.3 is 10.4 Å². The summed E-state index contributed by atoms with van der Waals surface area (Å²) in [5.41, 5.74) is 0. The predicted molar refractivity (Wildman–Crippen MR) is 42.5 cm³/mol. The lowest BCUT2D eigenvalue weighted by Gasteiger charge is -2.32. The van der Waals surface area contributed by atoms with E-state index < -0.39 is 5.38 Å². The van der Waals surface area contributed by atoms with Crippen molar-refractivity contribution in [3.63, 3.8) is 0 Å². The van der Waals surface area contributed by atoms with Gasteiger partial charge in [-0.2, -0.15) is 0 Å². The maximum absolute atomic E-state index is 10.9. The van der Waals surface area contributed by atoms with Gasteiger partial charge in [0.15, 0.2) is 0 Å². The molecule has 1 aliphatic rings. The molecular weight excluding hydrogens is 166 g/mol. The van der Waals surface area contributed by atoms with Gasteiger partial charge in [0.2, 0.25) is 5.91 Å². The highest BCUT2D eigenvalue weighted by Gasteiger charge is 2.28. The zero-order chi connectivity index (χ0) is 8.43. The Labute approximate surface area is 70.7 Å². The Morgan fingerprint density at radius 1 is 1.73 bits per heavy atom. The van der Waals surface area contributed by atoms with Gasteiger partial charge in [-0.15, -0.1) is 11.6 Å². The third kappa shape index (κ3) is 2.34.